The van der Waals surface area contributed by atoms with Crippen LogP contribution in [0.4, 0.5) is 0 Å². The van der Waals surface area contributed by atoms with E-state index in [1.54, 1.807) is 0 Å². The van der Waals surface area contributed by atoms with Gasteiger partial charge < -0.3 is 28.5 Å². The van der Waals surface area contributed by atoms with Gasteiger partial charge in [-0.1, -0.05) is 232 Å². The van der Waals surface area contributed by atoms with Crippen molar-refractivity contribution in [1.29, 1.82) is 0 Å². The molecule has 0 saturated heterocycles. The average Bonchev–Trinajstić information content (AvgIpc) is 3.22. The Balaban J connectivity index is 4.08. The molecule has 61 heavy (non-hydrogen) atoms. The second-order valence-corrected chi connectivity index (χ2v) is 19.2. The van der Waals surface area contributed by atoms with Crippen LogP contribution in [0.2, 0.25) is 0 Å². The molecule has 0 amide bonds. The van der Waals surface area contributed by atoms with E-state index in [9.17, 15) is 19.5 Å². The summed E-state index contributed by atoms with van der Waals surface area (Å²) in [6.45, 7) is 4.89. The Morgan fingerprint density at radius 2 is 0.738 bits per heavy atom. The highest BCUT2D eigenvalue weighted by Crippen LogP contribution is 2.17. The normalized spacial score (nSPS) is 12.7. The molecule has 0 aliphatic rings. The van der Waals surface area contributed by atoms with Crippen molar-refractivity contribution in [3.8, 4) is 0 Å². The van der Waals surface area contributed by atoms with Crippen molar-refractivity contribution >= 4 is 17.9 Å². The molecule has 0 heterocycles. The maximum Gasteiger partial charge on any atom is 0.361 e. The number of carbonyl (C=O) groups excluding carboxylic acids is 2. The van der Waals surface area contributed by atoms with E-state index in [1.807, 2.05) is 21.1 Å². The van der Waals surface area contributed by atoms with Gasteiger partial charge in [0.05, 0.1) is 34.4 Å². The van der Waals surface area contributed by atoms with E-state index in [2.05, 4.69) is 13.8 Å². The number of ether oxygens (including phenoxy) is 4. The van der Waals surface area contributed by atoms with E-state index in [0.717, 1.165) is 38.5 Å². The third-order valence-corrected chi connectivity index (χ3v) is 11.9. The number of carboxylic acids is 1. The van der Waals surface area contributed by atoms with Gasteiger partial charge in [0, 0.05) is 12.8 Å². The van der Waals surface area contributed by atoms with Crippen molar-refractivity contribution in [2.75, 3.05) is 47.5 Å². The number of quaternary nitrogens is 1. The molecule has 0 aliphatic carbocycles. The minimum Gasteiger partial charge on any atom is -0.477 e. The first-order chi connectivity index (χ1) is 29.6. The number of unbranched alkanes of at least 4 members (excludes halogenated alkanes) is 34. The van der Waals surface area contributed by atoms with E-state index in [1.165, 1.54) is 193 Å². The highest BCUT2D eigenvalue weighted by atomic mass is 16.7. The molecule has 0 aromatic carbocycles. The second-order valence-electron chi connectivity index (χ2n) is 19.2. The fraction of sp³-hybridized carbons (Fsp3) is 0.942. The molecule has 0 radical (unpaired) electrons. The number of carboxylic acid groups (broad SMARTS) is 1. The van der Waals surface area contributed by atoms with Gasteiger partial charge in [0.15, 0.2) is 6.10 Å². The molecular weight excluding hydrogens is 767 g/mol. The summed E-state index contributed by atoms with van der Waals surface area (Å²) in [4.78, 5) is 37.1. The molecule has 9 nitrogen and oxygen atoms in total. The summed E-state index contributed by atoms with van der Waals surface area (Å²) >= 11 is 0. The molecule has 0 aliphatic heterocycles. The van der Waals surface area contributed by atoms with Crippen LogP contribution in [0.25, 0.3) is 0 Å². The fourth-order valence-corrected chi connectivity index (χ4v) is 7.78. The van der Waals surface area contributed by atoms with Crippen molar-refractivity contribution in [2.45, 2.75) is 270 Å². The van der Waals surface area contributed by atoms with Crippen LogP contribution in [0.3, 0.4) is 0 Å². The molecule has 0 saturated carbocycles. The van der Waals surface area contributed by atoms with Crippen LogP contribution in [-0.4, -0.2) is 87.4 Å². The first-order valence-electron chi connectivity index (χ1n) is 26.2. The highest BCUT2D eigenvalue weighted by molar-refractivity contribution is 5.71. The van der Waals surface area contributed by atoms with E-state index in [4.69, 9.17) is 18.9 Å². The lowest BCUT2D eigenvalue weighted by atomic mass is 10.0. The summed E-state index contributed by atoms with van der Waals surface area (Å²) in [6.07, 6.45) is 44.8. The van der Waals surface area contributed by atoms with E-state index < -0.39 is 18.4 Å². The zero-order chi connectivity index (χ0) is 44.9. The summed E-state index contributed by atoms with van der Waals surface area (Å²) < 4.78 is 22.8. The SMILES string of the molecule is CCCCCCCCCCCCCCCCCCCCCCCCCCCCCC(=O)OC(COC(=O)CCCCCCCCCCC)COC(OCC[N+](C)(C)C)C(=O)O. The van der Waals surface area contributed by atoms with Crippen LogP contribution < -0.4 is 0 Å². The average molecular weight is 869 g/mol. The number of likely N-dealkylation sites (N-methyl/N-ethyl adjacent to an activating group) is 1. The molecule has 2 unspecified atom stereocenters. The van der Waals surface area contributed by atoms with Crippen molar-refractivity contribution < 1.29 is 42.9 Å². The number of carbonyl (C=O) groups is 3. The van der Waals surface area contributed by atoms with Gasteiger partial charge >= 0.3 is 17.9 Å². The van der Waals surface area contributed by atoms with Crippen LogP contribution in [0.1, 0.15) is 258 Å². The van der Waals surface area contributed by atoms with Crippen molar-refractivity contribution in [2.24, 2.45) is 0 Å². The maximum absolute atomic E-state index is 12.8. The summed E-state index contributed by atoms with van der Waals surface area (Å²) in [5.41, 5.74) is 0. The Morgan fingerprint density at radius 3 is 1.05 bits per heavy atom. The van der Waals surface area contributed by atoms with E-state index >= 15 is 0 Å². The van der Waals surface area contributed by atoms with Gasteiger partial charge in [-0.25, -0.2) is 4.79 Å². The number of nitrogens with zero attached hydrogens (tertiary/aromatic N) is 1. The lowest BCUT2D eigenvalue weighted by Crippen LogP contribution is -2.40. The third kappa shape index (κ3) is 46.1. The zero-order valence-electron chi connectivity index (χ0n) is 41.1. The molecule has 1 N–H and O–H groups in total. The Morgan fingerprint density at radius 1 is 0.426 bits per heavy atom. The Kier molecular flexibility index (Phi) is 43.6. The Bertz CT molecular complexity index is 970. The number of hydrogen-bond donors (Lipinski definition) is 1. The van der Waals surface area contributed by atoms with Gasteiger partial charge in [-0.05, 0) is 12.8 Å². The first kappa shape index (κ1) is 59.3. The van der Waals surface area contributed by atoms with Crippen LogP contribution in [0, 0.1) is 0 Å². The molecule has 9 heteroatoms. The van der Waals surface area contributed by atoms with Gasteiger partial charge in [-0.2, -0.15) is 0 Å². The van der Waals surface area contributed by atoms with Crippen LogP contribution >= 0.6 is 0 Å². The van der Waals surface area contributed by atoms with Crippen LogP contribution in [0.15, 0.2) is 0 Å². The number of aliphatic carboxylic acids is 1. The number of rotatable bonds is 49. The summed E-state index contributed by atoms with van der Waals surface area (Å²) in [5, 5.41) is 9.64. The minimum absolute atomic E-state index is 0.174. The fourth-order valence-electron chi connectivity index (χ4n) is 7.78. The standard InChI is InChI=1S/C52H101NO8/c1-6-8-10-12-14-16-17-18-19-20-21-22-23-24-25-26-27-28-29-30-31-32-33-35-37-39-41-43-50(55)61-48(47-60-52(51(56)57)58-45-44-53(3,4)5)46-59-49(54)42-40-38-36-34-15-13-11-9-7-2/h48,52H,6-47H2,1-5H3/p+1. The van der Waals surface area contributed by atoms with Gasteiger partial charge in [0.25, 0.3) is 6.29 Å². The summed E-state index contributed by atoms with van der Waals surface area (Å²) in [5.74, 6) is -1.99. The van der Waals surface area contributed by atoms with Gasteiger partial charge in [-0.3, -0.25) is 9.59 Å². The number of esters is 2. The lowest BCUT2D eigenvalue weighted by molar-refractivity contribution is -0.870. The molecule has 0 fully saturated rings. The van der Waals surface area contributed by atoms with Crippen molar-refractivity contribution in [3.05, 3.63) is 0 Å². The summed E-state index contributed by atoms with van der Waals surface area (Å²) in [6, 6.07) is 0. The molecule has 0 bridgehead atoms. The van der Waals surface area contributed by atoms with Crippen LogP contribution in [0.5, 0.6) is 0 Å². The quantitative estimate of drug-likeness (QED) is 0.0279. The zero-order valence-corrected chi connectivity index (χ0v) is 41.1. The Hall–Kier alpha value is -1.71. The van der Waals surface area contributed by atoms with Crippen LogP contribution in [-0.2, 0) is 33.3 Å². The van der Waals surface area contributed by atoms with Crippen molar-refractivity contribution in [3.63, 3.8) is 0 Å². The maximum atomic E-state index is 12.8. The van der Waals surface area contributed by atoms with Gasteiger partial charge in [0.2, 0.25) is 0 Å². The summed E-state index contributed by atoms with van der Waals surface area (Å²) in [7, 11) is 5.97. The molecule has 362 valence electrons. The van der Waals surface area contributed by atoms with Crippen molar-refractivity contribution in [1.82, 2.24) is 0 Å². The topological polar surface area (TPSA) is 108 Å². The van der Waals surface area contributed by atoms with Gasteiger partial charge in [0.1, 0.15) is 13.2 Å². The third-order valence-electron chi connectivity index (χ3n) is 11.9. The molecule has 0 aromatic heterocycles. The first-order valence-corrected chi connectivity index (χ1v) is 26.2. The predicted octanol–water partition coefficient (Wildman–Crippen LogP) is 14.5. The predicted molar refractivity (Wildman–Crippen MR) is 254 cm³/mol. The monoisotopic (exact) mass is 869 g/mol. The van der Waals surface area contributed by atoms with Gasteiger partial charge in [-0.15, -0.1) is 0 Å². The highest BCUT2D eigenvalue weighted by Gasteiger charge is 2.25. The molecular formula is C52H102NO8+. The lowest BCUT2D eigenvalue weighted by Gasteiger charge is -2.25. The number of hydrogen-bond acceptors (Lipinski definition) is 7. The van der Waals surface area contributed by atoms with E-state index in [-0.39, 0.29) is 38.2 Å². The second kappa shape index (κ2) is 44.9. The molecule has 2 atom stereocenters. The minimum atomic E-state index is -1.50. The Labute approximate surface area is 377 Å². The molecule has 0 aromatic rings. The smallest absolute Gasteiger partial charge is 0.361 e. The van der Waals surface area contributed by atoms with E-state index in [0.29, 0.717) is 17.4 Å². The molecule has 0 rings (SSSR count). The molecule has 0 spiro atoms. The largest absolute Gasteiger partial charge is 0.477 e.